The monoisotopic (exact) mass is 266 g/mol. The highest BCUT2D eigenvalue weighted by Crippen LogP contribution is 2.35. The zero-order valence-corrected chi connectivity index (χ0v) is 9.60. The summed E-state index contributed by atoms with van der Waals surface area (Å²) in [5.41, 5.74) is 1.73. The number of hydrogen-bond acceptors (Lipinski definition) is 3. The maximum atomic E-state index is 12.6. The molecule has 1 aromatic rings. The number of halogens is 4. The number of aliphatic hydroxyl groups is 1. The molecule has 1 aromatic carbocycles. The fourth-order valence-electron chi connectivity index (χ4n) is 1.25. The van der Waals surface area contributed by atoms with Gasteiger partial charge in [0.2, 0.25) is 0 Å². The number of alkyl halides is 3. The second kappa shape index (κ2) is 5.37. The third-order valence-corrected chi connectivity index (χ3v) is 2.33. The molecule has 17 heavy (non-hydrogen) atoms. The third-order valence-electron chi connectivity index (χ3n) is 2.00. The van der Waals surface area contributed by atoms with Gasteiger partial charge in [0.15, 0.2) is 0 Å². The van der Waals surface area contributed by atoms with E-state index in [1.807, 2.05) is 0 Å². The first-order valence-corrected chi connectivity index (χ1v) is 4.99. The van der Waals surface area contributed by atoms with E-state index in [1.165, 1.54) is 13.1 Å². The van der Waals surface area contributed by atoms with Gasteiger partial charge in [-0.2, -0.15) is 18.3 Å². The molecule has 0 spiro atoms. The summed E-state index contributed by atoms with van der Waals surface area (Å²) in [6.45, 7) is -0.472. The number of hydrogen-bond donors (Lipinski definition) is 2. The third kappa shape index (κ3) is 3.34. The second-order valence-corrected chi connectivity index (χ2v) is 3.54. The average molecular weight is 267 g/mol. The molecule has 2 N–H and O–H groups in total. The van der Waals surface area contributed by atoms with Crippen molar-refractivity contribution in [1.82, 2.24) is 5.43 Å². The Morgan fingerprint density at radius 1 is 1.47 bits per heavy atom. The van der Waals surface area contributed by atoms with Crippen molar-refractivity contribution in [2.75, 3.05) is 13.7 Å². The molecule has 0 heterocycles. The van der Waals surface area contributed by atoms with Crippen molar-refractivity contribution < 1.29 is 18.3 Å². The van der Waals surface area contributed by atoms with Gasteiger partial charge in [-0.25, -0.2) is 0 Å². The Bertz CT molecular complexity index is 432. The van der Waals surface area contributed by atoms with E-state index >= 15 is 0 Å². The molecule has 0 aliphatic carbocycles. The molecule has 0 aromatic heterocycles. The van der Waals surface area contributed by atoms with E-state index in [2.05, 4.69) is 10.5 Å². The first-order chi connectivity index (χ1) is 7.90. The van der Waals surface area contributed by atoms with E-state index in [9.17, 15) is 13.2 Å². The Morgan fingerprint density at radius 2 is 2.12 bits per heavy atom. The zero-order valence-electron chi connectivity index (χ0n) is 8.85. The lowest BCUT2D eigenvalue weighted by Gasteiger charge is -2.11. The fourth-order valence-corrected chi connectivity index (χ4v) is 1.47. The summed E-state index contributed by atoms with van der Waals surface area (Å²) in [4.78, 5) is 0. The van der Waals surface area contributed by atoms with Crippen LogP contribution in [0.5, 0.6) is 0 Å². The minimum Gasteiger partial charge on any atom is -0.390 e. The Kier molecular flexibility index (Phi) is 4.36. The molecule has 0 atom stereocenters. The van der Waals surface area contributed by atoms with Crippen LogP contribution in [0, 0.1) is 0 Å². The normalized spacial score (nSPS) is 12.7. The lowest BCUT2D eigenvalue weighted by molar-refractivity contribution is -0.137. The number of hydrazone groups is 1. The molecule has 7 heteroatoms. The summed E-state index contributed by atoms with van der Waals surface area (Å²) >= 11 is 5.47. The maximum Gasteiger partial charge on any atom is 0.417 e. The summed E-state index contributed by atoms with van der Waals surface area (Å²) in [5, 5.41) is 12.3. The average Bonchev–Trinajstić information content (AvgIpc) is 2.25. The molecule has 0 saturated heterocycles. The smallest absolute Gasteiger partial charge is 0.390 e. The van der Waals surface area contributed by atoms with Crippen molar-refractivity contribution >= 4 is 17.3 Å². The number of aliphatic hydroxyl groups excluding tert-OH is 1. The SMILES string of the molecule is CNN=C(CO)c1ccc(Cl)c(C(F)(F)F)c1. The van der Waals surface area contributed by atoms with Crippen LogP contribution in [-0.2, 0) is 6.18 Å². The molecule has 0 aliphatic heterocycles. The predicted molar refractivity (Wildman–Crippen MR) is 59.1 cm³/mol. The molecule has 0 amide bonds. The summed E-state index contributed by atoms with van der Waals surface area (Å²) < 4.78 is 37.7. The Morgan fingerprint density at radius 3 is 2.59 bits per heavy atom. The predicted octanol–water partition coefficient (Wildman–Crippen LogP) is 2.27. The van der Waals surface area contributed by atoms with Crippen molar-refractivity contribution in [1.29, 1.82) is 0 Å². The first kappa shape index (κ1) is 13.8. The van der Waals surface area contributed by atoms with Gasteiger partial charge in [-0.3, -0.25) is 0 Å². The maximum absolute atomic E-state index is 12.6. The molecule has 0 unspecified atom stereocenters. The molecule has 1 rings (SSSR count). The molecule has 0 radical (unpaired) electrons. The van der Waals surface area contributed by atoms with Crippen LogP contribution in [0.25, 0.3) is 0 Å². The number of nitrogens with zero attached hydrogens (tertiary/aromatic N) is 1. The van der Waals surface area contributed by atoms with Crippen molar-refractivity contribution in [2.24, 2.45) is 5.10 Å². The molecular weight excluding hydrogens is 257 g/mol. The van der Waals surface area contributed by atoms with Gasteiger partial charge in [0.25, 0.3) is 0 Å². The zero-order chi connectivity index (χ0) is 13.1. The van der Waals surface area contributed by atoms with E-state index in [4.69, 9.17) is 16.7 Å². The lowest BCUT2D eigenvalue weighted by Crippen LogP contribution is -2.14. The van der Waals surface area contributed by atoms with Crippen molar-refractivity contribution in [3.8, 4) is 0 Å². The van der Waals surface area contributed by atoms with Crippen molar-refractivity contribution in [3.63, 3.8) is 0 Å². The van der Waals surface area contributed by atoms with Crippen molar-refractivity contribution in [3.05, 3.63) is 34.3 Å². The summed E-state index contributed by atoms with van der Waals surface area (Å²) in [5.74, 6) is 0. The van der Waals surface area contributed by atoms with Crippen LogP contribution in [0.15, 0.2) is 23.3 Å². The van der Waals surface area contributed by atoms with Gasteiger partial charge in [0.1, 0.15) is 0 Å². The van der Waals surface area contributed by atoms with Gasteiger partial charge < -0.3 is 10.5 Å². The summed E-state index contributed by atoms with van der Waals surface area (Å²) in [6.07, 6.45) is -4.53. The van der Waals surface area contributed by atoms with Crippen LogP contribution in [0.3, 0.4) is 0 Å². The topological polar surface area (TPSA) is 44.6 Å². The molecular formula is C10H10ClF3N2O. The van der Waals surface area contributed by atoms with E-state index in [0.717, 1.165) is 12.1 Å². The van der Waals surface area contributed by atoms with Crippen LogP contribution in [0.1, 0.15) is 11.1 Å². The molecule has 94 valence electrons. The van der Waals surface area contributed by atoms with Gasteiger partial charge >= 0.3 is 6.18 Å². The largest absolute Gasteiger partial charge is 0.417 e. The van der Waals surface area contributed by atoms with Gasteiger partial charge in [-0.15, -0.1) is 0 Å². The van der Waals surface area contributed by atoms with Gasteiger partial charge in [-0.1, -0.05) is 17.7 Å². The van der Waals surface area contributed by atoms with Gasteiger partial charge in [0.05, 0.1) is 22.9 Å². The molecule has 0 bridgehead atoms. The number of rotatable bonds is 3. The molecule has 0 aliphatic rings. The second-order valence-electron chi connectivity index (χ2n) is 3.13. The Labute approximate surface area is 101 Å². The fraction of sp³-hybridized carbons (Fsp3) is 0.300. The van der Waals surface area contributed by atoms with E-state index in [1.54, 1.807) is 0 Å². The number of nitrogens with one attached hydrogen (secondary N) is 1. The van der Waals surface area contributed by atoms with Gasteiger partial charge in [0, 0.05) is 12.6 Å². The lowest BCUT2D eigenvalue weighted by atomic mass is 10.1. The van der Waals surface area contributed by atoms with Crippen LogP contribution in [0.4, 0.5) is 13.2 Å². The Hall–Kier alpha value is -1.27. The van der Waals surface area contributed by atoms with E-state index in [0.29, 0.717) is 0 Å². The van der Waals surface area contributed by atoms with Gasteiger partial charge in [-0.05, 0) is 12.1 Å². The summed E-state index contributed by atoms with van der Waals surface area (Å²) in [7, 11) is 1.48. The highest BCUT2D eigenvalue weighted by Gasteiger charge is 2.33. The van der Waals surface area contributed by atoms with Crippen LogP contribution < -0.4 is 5.43 Å². The molecule has 0 saturated carbocycles. The standard InChI is InChI=1S/C10H10ClF3N2O/c1-15-16-9(5-17)6-2-3-8(11)7(4-6)10(12,13)14/h2-4,15,17H,5H2,1H3. The summed E-state index contributed by atoms with van der Waals surface area (Å²) in [6, 6.07) is 3.35. The highest BCUT2D eigenvalue weighted by molar-refractivity contribution is 6.31. The molecule has 0 fully saturated rings. The van der Waals surface area contributed by atoms with Crippen molar-refractivity contribution in [2.45, 2.75) is 6.18 Å². The first-order valence-electron chi connectivity index (χ1n) is 4.61. The minimum atomic E-state index is -4.53. The number of benzene rings is 1. The quantitative estimate of drug-likeness (QED) is 0.651. The van der Waals surface area contributed by atoms with Crippen LogP contribution in [0.2, 0.25) is 5.02 Å². The highest BCUT2D eigenvalue weighted by atomic mass is 35.5. The van der Waals surface area contributed by atoms with Crippen LogP contribution >= 0.6 is 11.6 Å². The van der Waals surface area contributed by atoms with E-state index in [-0.39, 0.29) is 16.3 Å². The minimum absolute atomic E-state index is 0.106. The van der Waals surface area contributed by atoms with Crippen LogP contribution in [-0.4, -0.2) is 24.5 Å². The Balaban J connectivity index is 3.25. The van der Waals surface area contributed by atoms with E-state index < -0.39 is 18.3 Å². The molecule has 3 nitrogen and oxygen atoms in total.